The Bertz CT molecular complexity index is 718. The molecule has 2 aromatic rings. The maximum Gasteiger partial charge on any atom is 0.224 e. The summed E-state index contributed by atoms with van der Waals surface area (Å²) in [5.74, 6) is 0.831. The number of hydrogen-bond acceptors (Lipinski definition) is 3. The van der Waals surface area contributed by atoms with Gasteiger partial charge in [0, 0.05) is 43.4 Å². The highest BCUT2D eigenvalue weighted by Crippen LogP contribution is 2.16. The van der Waals surface area contributed by atoms with Crippen molar-refractivity contribution in [3.05, 3.63) is 57.8 Å². The first-order chi connectivity index (χ1) is 12.6. The van der Waals surface area contributed by atoms with Crippen LogP contribution >= 0.6 is 35.3 Å². The average Bonchev–Trinajstić information content (AvgIpc) is 3.13. The van der Waals surface area contributed by atoms with E-state index in [-0.39, 0.29) is 29.9 Å². The van der Waals surface area contributed by atoms with E-state index in [1.54, 1.807) is 11.9 Å². The number of thiophene rings is 1. The molecule has 0 radical (unpaired) electrons. The molecular formula is C20H29IN4OS. The minimum atomic E-state index is 0. The molecular weight excluding hydrogens is 471 g/mol. The number of halogens is 1. The van der Waals surface area contributed by atoms with Crippen LogP contribution in [0.15, 0.2) is 47.5 Å². The highest BCUT2D eigenvalue weighted by atomic mass is 127. The second kappa shape index (κ2) is 12.7. The lowest BCUT2D eigenvalue weighted by atomic mass is 10.2. The summed E-state index contributed by atoms with van der Waals surface area (Å²) in [6.45, 7) is 4.09. The molecule has 2 rings (SSSR count). The van der Waals surface area contributed by atoms with Crippen molar-refractivity contribution < 1.29 is 4.79 Å². The van der Waals surface area contributed by atoms with E-state index in [2.05, 4.69) is 34.7 Å². The Labute approximate surface area is 183 Å². The van der Waals surface area contributed by atoms with E-state index in [1.165, 1.54) is 9.75 Å². The topological polar surface area (TPSA) is 56.7 Å². The first-order valence-corrected chi connectivity index (χ1v) is 9.74. The molecule has 0 bridgehead atoms. The van der Waals surface area contributed by atoms with Gasteiger partial charge in [0.15, 0.2) is 5.96 Å². The summed E-state index contributed by atoms with van der Waals surface area (Å²) >= 11 is 1.81. The molecule has 1 amide bonds. The minimum Gasteiger partial charge on any atom is -0.356 e. The van der Waals surface area contributed by atoms with Crippen molar-refractivity contribution in [2.75, 3.05) is 20.6 Å². The van der Waals surface area contributed by atoms with Crippen molar-refractivity contribution in [2.45, 2.75) is 32.9 Å². The van der Waals surface area contributed by atoms with Gasteiger partial charge >= 0.3 is 0 Å². The number of hydrogen-bond donors (Lipinski definition) is 2. The molecule has 0 aliphatic carbocycles. The van der Waals surface area contributed by atoms with Crippen LogP contribution in [0, 0.1) is 0 Å². The number of guanidine groups is 1. The van der Waals surface area contributed by atoms with Gasteiger partial charge in [0.1, 0.15) is 0 Å². The first kappa shape index (κ1) is 23.4. The average molecular weight is 500 g/mol. The maximum absolute atomic E-state index is 12.3. The van der Waals surface area contributed by atoms with Crippen molar-refractivity contribution in [3.63, 3.8) is 0 Å². The molecule has 5 nitrogen and oxygen atoms in total. The first-order valence-electron chi connectivity index (χ1n) is 8.92. The van der Waals surface area contributed by atoms with Gasteiger partial charge in [-0.05, 0) is 24.1 Å². The van der Waals surface area contributed by atoms with Gasteiger partial charge in [0.25, 0.3) is 0 Å². The van der Waals surface area contributed by atoms with Crippen LogP contribution < -0.4 is 10.6 Å². The SMILES string of the molecule is CCc1ccc(CNC(=NC)NCCC(=O)N(C)Cc2ccccc2)s1.I. The van der Waals surface area contributed by atoms with E-state index < -0.39 is 0 Å². The normalized spacial score (nSPS) is 10.9. The molecule has 148 valence electrons. The number of aliphatic imine (C=N–C) groups is 1. The van der Waals surface area contributed by atoms with Crippen LogP contribution in [0.1, 0.15) is 28.7 Å². The van der Waals surface area contributed by atoms with Gasteiger partial charge in [-0.1, -0.05) is 37.3 Å². The van der Waals surface area contributed by atoms with Crippen LogP contribution in [0.4, 0.5) is 0 Å². The summed E-state index contributed by atoms with van der Waals surface area (Å²) in [4.78, 5) is 20.9. The van der Waals surface area contributed by atoms with Crippen molar-refractivity contribution in [1.82, 2.24) is 15.5 Å². The zero-order valence-corrected chi connectivity index (χ0v) is 19.3. The predicted molar refractivity (Wildman–Crippen MR) is 125 cm³/mol. The molecule has 2 N–H and O–H groups in total. The van der Waals surface area contributed by atoms with E-state index in [0.717, 1.165) is 24.5 Å². The van der Waals surface area contributed by atoms with Gasteiger partial charge in [0.2, 0.25) is 5.91 Å². The lowest BCUT2D eigenvalue weighted by molar-refractivity contribution is -0.130. The zero-order chi connectivity index (χ0) is 18.8. The Balaban J connectivity index is 0.00000364. The van der Waals surface area contributed by atoms with E-state index in [0.29, 0.717) is 19.5 Å². The van der Waals surface area contributed by atoms with Crippen LogP contribution in [0.3, 0.4) is 0 Å². The lowest BCUT2D eigenvalue weighted by Crippen LogP contribution is -2.39. The van der Waals surface area contributed by atoms with Crippen LogP contribution in [0.5, 0.6) is 0 Å². The molecule has 1 aromatic carbocycles. The number of carbonyl (C=O) groups excluding carboxylic acids is 1. The fraction of sp³-hybridized carbons (Fsp3) is 0.400. The molecule has 0 saturated carbocycles. The Kier molecular flexibility index (Phi) is 11.0. The molecule has 27 heavy (non-hydrogen) atoms. The number of carbonyl (C=O) groups is 1. The van der Waals surface area contributed by atoms with Gasteiger partial charge in [0.05, 0.1) is 6.54 Å². The van der Waals surface area contributed by atoms with E-state index in [4.69, 9.17) is 0 Å². The molecule has 0 aliphatic rings. The number of aryl methyl sites for hydroxylation is 1. The number of rotatable bonds is 8. The molecule has 0 aliphatic heterocycles. The summed E-state index contributed by atoms with van der Waals surface area (Å²) in [6, 6.07) is 14.3. The highest BCUT2D eigenvalue weighted by Gasteiger charge is 2.09. The van der Waals surface area contributed by atoms with Crippen LogP contribution in [-0.2, 0) is 24.3 Å². The van der Waals surface area contributed by atoms with Gasteiger partial charge in [-0.25, -0.2) is 0 Å². The molecule has 0 fully saturated rings. The largest absolute Gasteiger partial charge is 0.356 e. The molecule has 0 spiro atoms. The third-order valence-electron chi connectivity index (χ3n) is 4.04. The summed E-state index contributed by atoms with van der Waals surface area (Å²) in [5.41, 5.74) is 1.14. The smallest absolute Gasteiger partial charge is 0.224 e. The Morgan fingerprint density at radius 3 is 2.44 bits per heavy atom. The summed E-state index contributed by atoms with van der Waals surface area (Å²) in [6.07, 6.45) is 1.50. The predicted octanol–water partition coefficient (Wildman–Crippen LogP) is 3.64. The molecule has 0 saturated heterocycles. The van der Waals surface area contributed by atoms with Crippen LogP contribution in [-0.4, -0.2) is 37.4 Å². The molecule has 1 heterocycles. The molecule has 7 heteroatoms. The number of nitrogens with one attached hydrogen (secondary N) is 2. The van der Waals surface area contributed by atoms with Crippen molar-refractivity contribution in [3.8, 4) is 0 Å². The number of nitrogens with zero attached hydrogens (tertiary/aromatic N) is 2. The van der Waals surface area contributed by atoms with Crippen molar-refractivity contribution in [2.24, 2.45) is 4.99 Å². The third-order valence-corrected chi connectivity index (χ3v) is 5.27. The Morgan fingerprint density at radius 2 is 1.81 bits per heavy atom. The molecule has 1 aromatic heterocycles. The number of benzene rings is 1. The van der Waals surface area contributed by atoms with Gasteiger partial charge < -0.3 is 15.5 Å². The minimum absolute atomic E-state index is 0. The summed E-state index contributed by atoms with van der Waals surface area (Å²) < 4.78 is 0. The second-order valence-electron chi connectivity index (χ2n) is 6.06. The van der Waals surface area contributed by atoms with Gasteiger partial charge in [-0.3, -0.25) is 9.79 Å². The van der Waals surface area contributed by atoms with Crippen LogP contribution in [0.2, 0.25) is 0 Å². The van der Waals surface area contributed by atoms with Crippen molar-refractivity contribution in [1.29, 1.82) is 0 Å². The fourth-order valence-electron chi connectivity index (χ4n) is 2.52. The molecule has 0 atom stereocenters. The molecule has 0 unspecified atom stereocenters. The van der Waals surface area contributed by atoms with E-state index in [1.807, 2.05) is 48.7 Å². The monoisotopic (exact) mass is 500 g/mol. The van der Waals surface area contributed by atoms with Gasteiger partial charge in [-0.2, -0.15) is 0 Å². The Hall–Kier alpha value is -1.61. The maximum atomic E-state index is 12.3. The lowest BCUT2D eigenvalue weighted by Gasteiger charge is -2.18. The second-order valence-corrected chi connectivity index (χ2v) is 7.31. The zero-order valence-electron chi connectivity index (χ0n) is 16.2. The third kappa shape index (κ3) is 8.30. The number of amides is 1. The van der Waals surface area contributed by atoms with E-state index in [9.17, 15) is 4.79 Å². The summed E-state index contributed by atoms with van der Waals surface area (Å²) in [7, 11) is 3.58. The van der Waals surface area contributed by atoms with Crippen LogP contribution in [0.25, 0.3) is 0 Å². The highest BCUT2D eigenvalue weighted by molar-refractivity contribution is 14.0. The van der Waals surface area contributed by atoms with Gasteiger partial charge in [-0.15, -0.1) is 35.3 Å². The van der Waals surface area contributed by atoms with Crippen molar-refractivity contribution >= 4 is 47.2 Å². The standard InChI is InChI=1S/C20H28N4OS.HI/c1-4-17-10-11-18(26-17)14-23-20(21-2)22-13-12-19(25)24(3)15-16-8-6-5-7-9-16;/h5-11H,4,12-15H2,1-3H3,(H2,21,22,23);1H. The fourth-order valence-corrected chi connectivity index (χ4v) is 3.42. The quantitative estimate of drug-likeness (QED) is 0.331. The summed E-state index contributed by atoms with van der Waals surface area (Å²) in [5, 5.41) is 6.50. The Morgan fingerprint density at radius 1 is 1.11 bits per heavy atom. The van der Waals surface area contributed by atoms with E-state index >= 15 is 0 Å².